The largest absolute Gasteiger partial charge is 0.462 e. The molecule has 0 spiro atoms. The Morgan fingerprint density at radius 3 is 2.17 bits per heavy atom. The SMILES string of the molecule is CC(=O)O[C@@H](C)[C@H](C(=O)ON1C(=O)CCC1=O)c1ccccc1. The molecule has 0 bridgehead atoms. The predicted octanol–water partition coefficient (Wildman–Crippen LogP) is 1.33. The van der Waals surface area contributed by atoms with Crippen molar-refractivity contribution in [3.05, 3.63) is 35.9 Å². The molecule has 1 saturated heterocycles. The number of hydrogen-bond donors (Lipinski definition) is 0. The number of benzene rings is 1. The van der Waals surface area contributed by atoms with Crippen LogP contribution < -0.4 is 0 Å². The molecule has 1 aliphatic rings. The van der Waals surface area contributed by atoms with Crippen LogP contribution in [0.2, 0.25) is 0 Å². The molecule has 1 aliphatic heterocycles. The van der Waals surface area contributed by atoms with Gasteiger partial charge in [0.05, 0.1) is 0 Å². The molecule has 1 heterocycles. The lowest BCUT2D eigenvalue weighted by molar-refractivity contribution is -0.200. The maximum absolute atomic E-state index is 12.5. The van der Waals surface area contributed by atoms with Gasteiger partial charge in [-0.15, -0.1) is 5.06 Å². The van der Waals surface area contributed by atoms with Gasteiger partial charge in [0.1, 0.15) is 12.0 Å². The van der Waals surface area contributed by atoms with Gasteiger partial charge in [-0.05, 0) is 12.5 Å². The maximum Gasteiger partial charge on any atom is 0.344 e. The van der Waals surface area contributed by atoms with Crippen molar-refractivity contribution in [2.24, 2.45) is 0 Å². The number of ether oxygens (including phenoxy) is 1. The zero-order valence-electron chi connectivity index (χ0n) is 12.9. The van der Waals surface area contributed by atoms with Crippen LogP contribution in [0.4, 0.5) is 0 Å². The van der Waals surface area contributed by atoms with Gasteiger partial charge in [-0.3, -0.25) is 14.4 Å². The summed E-state index contributed by atoms with van der Waals surface area (Å²) in [6, 6.07) is 8.58. The third-order valence-corrected chi connectivity index (χ3v) is 3.42. The van der Waals surface area contributed by atoms with E-state index in [1.165, 1.54) is 6.92 Å². The molecule has 2 rings (SSSR count). The van der Waals surface area contributed by atoms with Crippen molar-refractivity contribution in [3.63, 3.8) is 0 Å². The third-order valence-electron chi connectivity index (χ3n) is 3.42. The minimum Gasteiger partial charge on any atom is -0.462 e. The smallest absolute Gasteiger partial charge is 0.344 e. The standard InChI is InChI=1S/C16H17NO6/c1-10(22-11(2)18)15(12-6-4-3-5-7-12)16(21)23-17-13(19)8-9-14(17)20/h3-7,10,15H,8-9H2,1-2H3/t10-,15-/m0/s1. The second-order valence-electron chi connectivity index (χ2n) is 5.20. The molecule has 0 aromatic heterocycles. The number of imide groups is 1. The molecule has 0 unspecified atom stereocenters. The molecule has 0 radical (unpaired) electrons. The highest BCUT2D eigenvalue weighted by Gasteiger charge is 2.37. The van der Waals surface area contributed by atoms with Gasteiger partial charge in [0.25, 0.3) is 11.8 Å². The molecular formula is C16H17NO6. The van der Waals surface area contributed by atoms with Crippen LogP contribution in [0.1, 0.15) is 38.2 Å². The fourth-order valence-corrected chi connectivity index (χ4v) is 2.39. The first kappa shape index (κ1) is 16.7. The summed E-state index contributed by atoms with van der Waals surface area (Å²) >= 11 is 0. The van der Waals surface area contributed by atoms with E-state index in [2.05, 4.69) is 0 Å². The van der Waals surface area contributed by atoms with Crippen LogP contribution in [0.5, 0.6) is 0 Å². The number of rotatable bonds is 5. The first-order valence-electron chi connectivity index (χ1n) is 7.20. The van der Waals surface area contributed by atoms with E-state index < -0.39 is 35.8 Å². The minimum atomic E-state index is -0.943. The number of hydroxylamine groups is 2. The number of amides is 2. The summed E-state index contributed by atoms with van der Waals surface area (Å²) in [6.07, 6.45) is -0.779. The Balaban J connectivity index is 2.22. The molecule has 2 amide bonds. The second kappa shape index (κ2) is 7.04. The van der Waals surface area contributed by atoms with Crippen molar-refractivity contribution in [2.45, 2.75) is 38.7 Å². The molecule has 0 aliphatic carbocycles. The molecule has 1 aromatic rings. The van der Waals surface area contributed by atoms with Gasteiger partial charge < -0.3 is 9.57 Å². The van der Waals surface area contributed by atoms with E-state index in [1.807, 2.05) is 0 Å². The second-order valence-corrected chi connectivity index (χ2v) is 5.20. The normalized spacial score (nSPS) is 16.9. The zero-order chi connectivity index (χ0) is 17.0. The van der Waals surface area contributed by atoms with Crippen LogP contribution in [-0.2, 0) is 28.8 Å². The topological polar surface area (TPSA) is 90.0 Å². The molecule has 7 heteroatoms. The van der Waals surface area contributed by atoms with Crippen LogP contribution in [0.15, 0.2) is 30.3 Å². The van der Waals surface area contributed by atoms with Crippen LogP contribution in [0.25, 0.3) is 0 Å². The van der Waals surface area contributed by atoms with Crippen molar-refractivity contribution in [3.8, 4) is 0 Å². The fourth-order valence-electron chi connectivity index (χ4n) is 2.39. The molecule has 2 atom stereocenters. The average Bonchev–Trinajstić information content (AvgIpc) is 2.79. The molecular weight excluding hydrogens is 302 g/mol. The number of nitrogens with zero attached hydrogens (tertiary/aromatic N) is 1. The minimum absolute atomic E-state index is 0.0155. The number of carbonyl (C=O) groups is 4. The predicted molar refractivity (Wildman–Crippen MR) is 77.6 cm³/mol. The molecule has 23 heavy (non-hydrogen) atoms. The van der Waals surface area contributed by atoms with Crippen LogP contribution in [0.3, 0.4) is 0 Å². The quantitative estimate of drug-likeness (QED) is 0.601. The summed E-state index contributed by atoms with van der Waals surface area (Å²) in [5.74, 6) is -3.43. The highest BCUT2D eigenvalue weighted by atomic mass is 16.7. The van der Waals surface area contributed by atoms with Gasteiger partial charge in [0.2, 0.25) is 0 Å². The van der Waals surface area contributed by atoms with Crippen molar-refractivity contribution >= 4 is 23.8 Å². The zero-order valence-corrected chi connectivity index (χ0v) is 12.9. The lowest BCUT2D eigenvalue weighted by Crippen LogP contribution is -2.37. The van der Waals surface area contributed by atoms with Crippen molar-refractivity contribution < 1.29 is 28.8 Å². The van der Waals surface area contributed by atoms with Crippen molar-refractivity contribution in [2.75, 3.05) is 0 Å². The van der Waals surface area contributed by atoms with E-state index in [0.29, 0.717) is 10.6 Å². The summed E-state index contributed by atoms with van der Waals surface area (Å²) in [5, 5.41) is 0.485. The number of hydrogen-bond acceptors (Lipinski definition) is 6. The van der Waals surface area contributed by atoms with Gasteiger partial charge in [-0.1, -0.05) is 30.3 Å². The van der Waals surface area contributed by atoms with E-state index in [4.69, 9.17) is 9.57 Å². The highest BCUT2D eigenvalue weighted by Crippen LogP contribution is 2.25. The summed E-state index contributed by atoms with van der Waals surface area (Å²) in [6.45, 7) is 2.78. The lowest BCUT2D eigenvalue weighted by Gasteiger charge is -2.24. The van der Waals surface area contributed by atoms with Crippen molar-refractivity contribution in [1.29, 1.82) is 0 Å². The van der Waals surface area contributed by atoms with Crippen LogP contribution in [-0.4, -0.2) is 34.9 Å². The molecule has 0 N–H and O–H groups in total. The highest BCUT2D eigenvalue weighted by molar-refractivity contribution is 6.01. The molecule has 1 aromatic carbocycles. The summed E-state index contributed by atoms with van der Waals surface area (Å²) < 4.78 is 5.08. The van der Waals surface area contributed by atoms with E-state index >= 15 is 0 Å². The fraction of sp³-hybridized carbons (Fsp3) is 0.375. The maximum atomic E-state index is 12.5. The Hall–Kier alpha value is -2.70. The Morgan fingerprint density at radius 1 is 1.09 bits per heavy atom. The first-order chi connectivity index (χ1) is 10.9. The third kappa shape index (κ3) is 3.94. The first-order valence-corrected chi connectivity index (χ1v) is 7.20. The molecule has 122 valence electrons. The summed E-state index contributed by atoms with van der Waals surface area (Å²) in [5.41, 5.74) is 0.561. The monoisotopic (exact) mass is 319 g/mol. The van der Waals surface area contributed by atoms with E-state index in [9.17, 15) is 19.2 Å². The Morgan fingerprint density at radius 2 is 1.65 bits per heavy atom. The Labute approximate surface area is 133 Å². The van der Waals surface area contributed by atoms with Crippen molar-refractivity contribution in [1.82, 2.24) is 5.06 Å². The van der Waals surface area contributed by atoms with Crippen LogP contribution in [0, 0.1) is 0 Å². The van der Waals surface area contributed by atoms with Crippen LogP contribution >= 0.6 is 0 Å². The molecule has 7 nitrogen and oxygen atoms in total. The van der Waals surface area contributed by atoms with E-state index in [-0.39, 0.29) is 12.8 Å². The van der Waals surface area contributed by atoms with Gasteiger partial charge in [0.15, 0.2) is 0 Å². The van der Waals surface area contributed by atoms with Gasteiger partial charge >= 0.3 is 11.9 Å². The number of esters is 1. The van der Waals surface area contributed by atoms with Gasteiger partial charge in [0, 0.05) is 19.8 Å². The summed E-state index contributed by atoms with van der Waals surface area (Å²) in [7, 11) is 0. The Kier molecular flexibility index (Phi) is 5.10. The van der Waals surface area contributed by atoms with Gasteiger partial charge in [-0.25, -0.2) is 4.79 Å². The van der Waals surface area contributed by atoms with E-state index in [0.717, 1.165) is 0 Å². The summed E-state index contributed by atoms with van der Waals surface area (Å²) in [4.78, 5) is 51.7. The number of carbonyl (C=O) groups excluding carboxylic acids is 4. The lowest BCUT2D eigenvalue weighted by atomic mass is 9.94. The molecule has 0 saturated carbocycles. The Bertz CT molecular complexity index is 611. The average molecular weight is 319 g/mol. The molecule has 1 fully saturated rings. The van der Waals surface area contributed by atoms with Gasteiger partial charge in [-0.2, -0.15) is 0 Å². The van der Waals surface area contributed by atoms with E-state index in [1.54, 1.807) is 37.3 Å².